The highest BCUT2D eigenvalue weighted by Crippen LogP contribution is 2.91. The van der Waals surface area contributed by atoms with Gasteiger partial charge in [0.1, 0.15) is 60.3 Å². The normalized spacial score (nSPS) is 39.0. The summed E-state index contributed by atoms with van der Waals surface area (Å²) in [5.41, 5.74) is 13.3. The van der Waals surface area contributed by atoms with Gasteiger partial charge in [0.05, 0.1) is 25.9 Å². The van der Waals surface area contributed by atoms with E-state index >= 15 is 0 Å². The summed E-state index contributed by atoms with van der Waals surface area (Å²) < 4.78 is 121. The highest BCUT2D eigenvalue weighted by atomic mass is 31.3. The summed E-state index contributed by atoms with van der Waals surface area (Å²) in [5.74, 6) is -1.76. The van der Waals surface area contributed by atoms with E-state index in [2.05, 4.69) is 29.9 Å². The molecule has 4 saturated heterocycles. The zero-order valence-corrected chi connectivity index (χ0v) is 33.0. The Labute approximate surface area is 311 Å². The Morgan fingerprint density at radius 1 is 0.618 bits per heavy atom. The largest absolute Gasteiger partial charge is 0.382 e. The lowest BCUT2D eigenvalue weighted by molar-refractivity contribution is -0.0568. The fourth-order valence-corrected chi connectivity index (χ4v) is 21.5. The van der Waals surface area contributed by atoms with E-state index in [-0.39, 0.29) is 11.6 Å². The smallest absolute Gasteiger partial charge is 0.357 e. The second-order valence-electron chi connectivity index (χ2n) is 12.7. The van der Waals surface area contributed by atoms with Gasteiger partial charge in [0, 0.05) is 28.4 Å². The topological polar surface area (TPSA) is 309 Å². The van der Waals surface area contributed by atoms with Gasteiger partial charge in [-0.25, -0.2) is 42.8 Å². The summed E-state index contributed by atoms with van der Waals surface area (Å²) in [4.78, 5) is 24.9. The third kappa shape index (κ3) is 6.98. The number of nitrogen functional groups attached to an aromatic ring is 2. The van der Waals surface area contributed by atoms with Crippen molar-refractivity contribution in [3.63, 3.8) is 0 Å². The van der Waals surface area contributed by atoms with Gasteiger partial charge in [-0.2, -0.15) is 0 Å². The highest BCUT2D eigenvalue weighted by molar-refractivity contribution is 7.91. The van der Waals surface area contributed by atoms with Gasteiger partial charge in [0.15, 0.2) is 47.2 Å². The number of nitrogens with zero attached hydrogens (tertiary/aromatic N) is 8. The molecule has 4 fully saturated rings. The van der Waals surface area contributed by atoms with Gasteiger partial charge in [0.25, 0.3) is 0 Å². The molecule has 4 aliphatic heterocycles. The number of aromatic nitrogens is 8. The van der Waals surface area contributed by atoms with Gasteiger partial charge in [-0.05, 0) is 0 Å². The molecule has 12 atom stereocenters. The third-order valence-corrected chi connectivity index (χ3v) is 21.9. The third-order valence-electron chi connectivity index (χ3n) is 9.29. The Morgan fingerprint density at radius 3 is 1.40 bits per heavy atom. The minimum Gasteiger partial charge on any atom is -0.382 e. The molecule has 4 aliphatic rings. The molecule has 55 heavy (non-hydrogen) atoms. The molecule has 4 aromatic rings. The SMILES string of the molecule is COC1[C@@H](OC)[C@@H](COP2(=O)CP3(=O)OP(=O)(OC[C@H]4O[C@@H](n5cnc6c(N)ncnc65)C(OC)[C@H]4OC)CP(=O)(O2)O3)O[C@H]1n1cnc2c(N)ncnc21. The van der Waals surface area contributed by atoms with Gasteiger partial charge in [-0.3, -0.25) is 27.4 Å². The van der Waals surface area contributed by atoms with E-state index < -0.39 is 104 Å². The van der Waals surface area contributed by atoms with Crippen LogP contribution in [0, 0.1) is 0 Å². The molecule has 29 heteroatoms. The molecule has 0 saturated carbocycles. The lowest BCUT2D eigenvalue weighted by atomic mass is 10.1. The predicted molar refractivity (Wildman–Crippen MR) is 186 cm³/mol. The van der Waals surface area contributed by atoms with Crippen molar-refractivity contribution < 1.29 is 68.7 Å². The van der Waals surface area contributed by atoms with Gasteiger partial charge in [-0.15, -0.1) is 0 Å². The molecule has 0 amide bonds. The molecule has 0 radical (unpaired) electrons. The molecular formula is C26H36N10O15P4. The highest BCUT2D eigenvalue weighted by Gasteiger charge is 2.64. The van der Waals surface area contributed by atoms with Crippen LogP contribution in [0.5, 0.6) is 0 Å². The number of rotatable bonds is 12. The lowest BCUT2D eigenvalue weighted by Crippen LogP contribution is -2.37. The number of nitrogens with two attached hydrogens (primary N) is 2. The Hall–Kier alpha value is -2.82. The lowest BCUT2D eigenvalue weighted by Gasteiger charge is -2.39. The minimum absolute atomic E-state index is 0.155. The van der Waals surface area contributed by atoms with E-state index in [0.29, 0.717) is 22.3 Å². The van der Waals surface area contributed by atoms with Crippen LogP contribution in [0.3, 0.4) is 0 Å². The van der Waals surface area contributed by atoms with E-state index in [4.69, 9.17) is 61.9 Å². The van der Waals surface area contributed by atoms with Gasteiger partial charge in [0.2, 0.25) is 0 Å². The van der Waals surface area contributed by atoms with Crippen molar-refractivity contribution in [2.75, 3.05) is 64.9 Å². The van der Waals surface area contributed by atoms with Crippen LogP contribution in [0.15, 0.2) is 25.3 Å². The molecule has 0 aliphatic carbocycles. The first-order valence-electron chi connectivity index (χ1n) is 16.3. The molecular weight excluding hydrogens is 816 g/mol. The quantitative estimate of drug-likeness (QED) is 0.193. The predicted octanol–water partition coefficient (Wildman–Crippen LogP) is 2.48. The summed E-state index contributed by atoms with van der Waals surface area (Å²) in [6.07, 6.45) is -1.36. The van der Waals surface area contributed by atoms with Crippen LogP contribution in [0.2, 0.25) is 0 Å². The van der Waals surface area contributed by atoms with Crippen molar-refractivity contribution in [2.24, 2.45) is 0 Å². The first-order valence-corrected chi connectivity index (χ1v) is 23.2. The molecule has 8 heterocycles. The van der Waals surface area contributed by atoms with E-state index in [1.807, 2.05) is 0 Å². The maximum Gasteiger partial charge on any atom is 0.357 e. The van der Waals surface area contributed by atoms with Crippen molar-refractivity contribution in [1.82, 2.24) is 39.0 Å². The summed E-state index contributed by atoms with van der Waals surface area (Å²) in [6, 6.07) is 0. The van der Waals surface area contributed by atoms with Crippen LogP contribution in [-0.4, -0.2) is 129 Å². The molecule has 300 valence electrons. The molecule has 6 unspecified atom stereocenters. The Balaban J connectivity index is 0.947. The molecule has 0 spiro atoms. The molecule has 4 N–H and O–H groups in total. The standard InChI is InChI=1S/C26H36N10O15P4/c1-41-17-13(47-25(19(17)43-3)35-9-33-15-21(27)29-7-31-23(15)35)5-45-52(37)11-54(39)50-53(38,12-55(40,49-52)51-54)46-6-14-18(42-2)20(44-4)26(48-14)36-10-34-16-22(28)30-8-32-24(16)36/h7-10,13-14,17-20,25-26H,5-6,11-12H2,1-4H3,(H2,27,29,31)(H2,28,30,32)/t13-,14-,17+,18+,19?,20?,25-,26-,52?,53?,54?,55?/m1/s1. The van der Waals surface area contributed by atoms with Crippen molar-refractivity contribution in [2.45, 2.75) is 49.1 Å². The van der Waals surface area contributed by atoms with Crippen molar-refractivity contribution in [3.8, 4) is 0 Å². The van der Waals surface area contributed by atoms with Crippen LogP contribution in [0.25, 0.3) is 22.3 Å². The van der Waals surface area contributed by atoms with Gasteiger partial charge >= 0.3 is 30.4 Å². The zero-order chi connectivity index (χ0) is 38.9. The summed E-state index contributed by atoms with van der Waals surface area (Å²) in [6.45, 7) is -0.956. The first kappa shape index (κ1) is 39.0. The van der Waals surface area contributed by atoms with E-state index in [0.717, 1.165) is 0 Å². The molecule has 8 rings (SSSR count). The van der Waals surface area contributed by atoms with Crippen LogP contribution in [-0.2, 0) is 68.7 Å². The molecule has 2 bridgehead atoms. The summed E-state index contributed by atoms with van der Waals surface area (Å²) >= 11 is 0. The van der Waals surface area contributed by atoms with Gasteiger partial charge in [-0.1, -0.05) is 0 Å². The summed E-state index contributed by atoms with van der Waals surface area (Å²) in [5, 5.41) is 0. The van der Waals surface area contributed by atoms with Crippen molar-refractivity contribution in [3.05, 3.63) is 25.3 Å². The van der Waals surface area contributed by atoms with E-state index in [9.17, 15) is 18.3 Å². The monoisotopic (exact) mass is 852 g/mol. The fourth-order valence-electron chi connectivity index (χ4n) is 7.00. The van der Waals surface area contributed by atoms with Gasteiger partial charge < -0.3 is 48.9 Å². The van der Waals surface area contributed by atoms with Crippen LogP contribution >= 0.6 is 30.4 Å². The Morgan fingerprint density at radius 2 is 1.02 bits per heavy atom. The number of fused-ring (bicyclic) bond motifs is 4. The maximum absolute atomic E-state index is 13.9. The number of ether oxygens (including phenoxy) is 6. The summed E-state index contributed by atoms with van der Waals surface area (Å²) in [7, 11) is -12.7. The van der Waals surface area contributed by atoms with Crippen LogP contribution < -0.4 is 11.5 Å². The van der Waals surface area contributed by atoms with Crippen molar-refractivity contribution >= 4 is 64.3 Å². The minimum atomic E-state index is -4.68. The average molecular weight is 853 g/mol. The first-order chi connectivity index (χ1) is 26.2. The second-order valence-corrected chi connectivity index (χ2v) is 22.3. The number of hydrogen-bond acceptors (Lipinski definition) is 23. The number of methoxy groups -OCH3 is 4. The fraction of sp³-hybridized carbons (Fsp3) is 0.615. The molecule has 4 aromatic heterocycles. The molecule has 25 nitrogen and oxygen atoms in total. The van der Waals surface area contributed by atoms with E-state index in [1.165, 1.54) is 53.7 Å². The maximum atomic E-state index is 13.9. The van der Waals surface area contributed by atoms with Crippen LogP contribution in [0.1, 0.15) is 12.5 Å². The Kier molecular flexibility index (Phi) is 10.3. The number of anilines is 2. The van der Waals surface area contributed by atoms with Crippen molar-refractivity contribution in [1.29, 1.82) is 0 Å². The Bertz CT molecular complexity index is 2110. The van der Waals surface area contributed by atoms with Crippen LogP contribution in [0.4, 0.5) is 11.6 Å². The number of hydrogen-bond donors (Lipinski definition) is 2. The second kappa shape index (κ2) is 14.5. The zero-order valence-electron chi connectivity index (χ0n) is 29.4. The van der Waals surface area contributed by atoms with E-state index in [1.54, 1.807) is 9.13 Å². The average Bonchev–Trinajstić information content (AvgIpc) is 3.90. The molecule has 0 aromatic carbocycles. The number of imidazole rings is 2.